The average Bonchev–Trinajstić information content (AvgIpc) is 3.51. The summed E-state index contributed by atoms with van der Waals surface area (Å²) in [5.41, 5.74) is 3.16. The van der Waals surface area contributed by atoms with E-state index in [0.29, 0.717) is 17.2 Å². The number of pyridine rings is 2. The first-order valence-electron chi connectivity index (χ1n) is 9.68. The molecule has 0 aliphatic carbocycles. The summed E-state index contributed by atoms with van der Waals surface area (Å²) in [5, 5.41) is 15.0. The van der Waals surface area contributed by atoms with Crippen LogP contribution >= 0.6 is 0 Å². The molecule has 5 aromatic heterocycles. The molecule has 1 amide bonds. The van der Waals surface area contributed by atoms with Gasteiger partial charge in [-0.25, -0.2) is 27.6 Å². The third-order valence-electron chi connectivity index (χ3n) is 4.76. The second-order valence-corrected chi connectivity index (χ2v) is 9.10. The van der Waals surface area contributed by atoms with Crippen LogP contribution < -0.4 is 5.32 Å². The Labute approximate surface area is 187 Å². The number of hydrogen-bond acceptors (Lipinski definition) is 8. The Hall–Kier alpha value is -4.39. The van der Waals surface area contributed by atoms with E-state index in [4.69, 9.17) is 0 Å². The van der Waals surface area contributed by atoms with Gasteiger partial charge in [0.2, 0.25) is 0 Å². The number of carbonyl (C=O) groups is 1. The van der Waals surface area contributed by atoms with Gasteiger partial charge in [0.1, 0.15) is 6.33 Å². The van der Waals surface area contributed by atoms with Crippen molar-refractivity contribution >= 4 is 27.3 Å². The van der Waals surface area contributed by atoms with Crippen molar-refractivity contribution in [1.29, 1.82) is 0 Å². The summed E-state index contributed by atoms with van der Waals surface area (Å²) >= 11 is 0. The highest BCUT2D eigenvalue weighted by Crippen LogP contribution is 2.24. The van der Waals surface area contributed by atoms with Gasteiger partial charge in [-0.05, 0) is 37.3 Å². The van der Waals surface area contributed by atoms with E-state index in [0.717, 1.165) is 21.6 Å². The molecule has 0 spiro atoms. The van der Waals surface area contributed by atoms with Crippen LogP contribution in [0.1, 0.15) is 16.2 Å². The molecule has 0 aromatic carbocycles. The van der Waals surface area contributed by atoms with E-state index in [9.17, 15) is 13.2 Å². The number of aromatic nitrogens is 8. The minimum absolute atomic E-state index is 0.110. The van der Waals surface area contributed by atoms with Crippen molar-refractivity contribution in [3.8, 4) is 17.1 Å². The molecule has 12 nitrogen and oxygen atoms in total. The van der Waals surface area contributed by atoms with Gasteiger partial charge in [0.15, 0.2) is 17.2 Å². The molecular formula is C20H17N9O3S. The van der Waals surface area contributed by atoms with Gasteiger partial charge in [-0.15, -0.1) is 0 Å². The maximum absolute atomic E-state index is 12.9. The molecule has 0 saturated heterocycles. The van der Waals surface area contributed by atoms with E-state index in [1.54, 1.807) is 27.5 Å². The van der Waals surface area contributed by atoms with Crippen molar-refractivity contribution < 1.29 is 13.2 Å². The Morgan fingerprint density at radius 1 is 1.09 bits per heavy atom. The summed E-state index contributed by atoms with van der Waals surface area (Å²) in [6.45, 7) is 1.86. The van der Waals surface area contributed by atoms with Crippen LogP contribution in [0, 0.1) is 6.92 Å². The number of fused-ring (bicyclic) bond motifs is 1. The van der Waals surface area contributed by atoms with Crippen LogP contribution in [0.25, 0.3) is 22.7 Å². The first-order valence-corrected chi connectivity index (χ1v) is 11.5. The number of aryl methyl sites for hydroxylation is 1. The largest absolute Gasteiger partial charge is 0.318 e. The zero-order chi connectivity index (χ0) is 23.2. The smallest absolute Gasteiger partial charge is 0.276 e. The number of carbonyl (C=O) groups excluding carboxylic acids is 1. The molecule has 0 fully saturated rings. The lowest BCUT2D eigenvalue weighted by Crippen LogP contribution is -2.13. The highest BCUT2D eigenvalue weighted by molar-refractivity contribution is 7.89. The van der Waals surface area contributed by atoms with Crippen molar-refractivity contribution in [1.82, 2.24) is 38.5 Å². The van der Waals surface area contributed by atoms with Gasteiger partial charge in [0, 0.05) is 17.5 Å². The Kier molecular flexibility index (Phi) is 4.74. The van der Waals surface area contributed by atoms with Gasteiger partial charge in [-0.3, -0.25) is 4.79 Å². The number of anilines is 1. The van der Waals surface area contributed by atoms with Crippen molar-refractivity contribution in [3.63, 3.8) is 0 Å². The summed E-state index contributed by atoms with van der Waals surface area (Å²) in [6.07, 6.45) is 6.71. The minimum atomic E-state index is -3.56. The highest BCUT2D eigenvalue weighted by Gasteiger charge is 2.19. The first-order chi connectivity index (χ1) is 15.8. The monoisotopic (exact) mass is 463 g/mol. The van der Waals surface area contributed by atoms with Crippen LogP contribution in [0.3, 0.4) is 0 Å². The highest BCUT2D eigenvalue weighted by atomic mass is 32.2. The fraction of sp³-hybridized carbons (Fsp3) is 0.100. The van der Waals surface area contributed by atoms with E-state index in [-0.39, 0.29) is 11.4 Å². The molecule has 5 aromatic rings. The zero-order valence-corrected chi connectivity index (χ0v) is 18.3. The van der Waals surface area contributed by atoms with E-state index in [1.807, 2.05) is 31.2 Å². The van der Waals surface area contributed by atoms with Crippen LogP contribution in [0.15, 0.2) is 61.3 Å². The maximum atomic E-state index is 12.9. The van der Waals surface area contributed by atoms with E-state index < -0.39 is 15.9 Å². The summed E-state index contributed by atoms with van der Waals surface area (Å²) in [6, 6.07) is 10.8. The van der Waals surface area contributed by atoms with Gasteiger partial charge in [0.05, 0.1) is 30.0 Å². The van der Waals surface area contributed by atoms with E-state index in [2.05, 4.69) is 30.6 Å². The van der Waals surface area contributed by atoms with Crippen LogP contribution in [-0.2, 0) is 10.0 Å². The molecule has 1 N–H and O–H groups in total. The quantitative estimate of drug-likeness (QED) is 0.414. The first kappa shape index (κ1) is 20.5. The lowest BCUT2D eigenvalue weighted by atomic mass is 10.2. The molecular weight excluding hydrogens is 446 g/mol. The predicted molar refractivity (Wildman–Crippen MR) is 118 cm³/mol. The molecule has 0 bridgehead atoms. The summed E-state index contributed by atoms with van der Waals surface area (Å²) < 4.78 is 27.2. The second-order valence-electron chi connectivity index (χ2n) is 7.26. The molecule has 0 aliphatic rings. The molecule has 0 unspecified atom stereocenters. The fourth-order valence-corrected chi connectivity index (χ4v) is 3.76. The van der Waals surface area contributed by atoms with Gasteiger partial charge >= 0.3 is 0 Å². The Morgan fingerprint density at radius 2 is 1.94 bits per heavy atom. The standard InChI is InChI=1S/C20H17N9O3S/c1-13-4-3-5-19(24-13)29-17(14-6-7-18-21-12-23-27(18)10-14)8-16(26-29)20(30)25-15-9-22-28(11-15)33(2,31)32/h3-12H,1-2H3,(H,25,30). The van der Waals surface area contributed by atoms with Crippen molar-refractivity contribution in [3.05, 3.63) is 72.7 Å². The fourth-order valence-electron chi connectivity index (χ4n) is 3.23. The third-order valence-corrected chi connectivity index (χ3v) is 5.64. The molecule has 33 heavy (non-hydrogen) atoms. The molecule has 166 valence electrons. The van der Waals surface area contributed by atoms with Gasteiger partial charge in [-0.2, -0.15) is 19.4 Å². The van der Waals surface area contributed by atoms with Crippen LogP contribution in [0.2, 0.25) is 0 Å². The number of hydrogen-bond donors (Lipinski definition) is 1. The van der Waals surface area contributed by atoms with Crippen molar-refractivity contribution in [2.45, 2.75) is 6.92 Å². The molecule has 0 aliphatic heterocycles. The normalized spacial score (nSPS) is 11.7. The van der Waals surface area contributed by atoms with Crippen LogP contribution in [-0.4, -0.2) is 59.1 Å². The number of nitrogens with one attached hydrogen (secondary N) is 1. The lowest BCUT2D eigenvalue weighted by molar-refractivity contribution is 0.102. The molecule has 5 heterocycles. The second kappa shape index (κ2) is 7.63. The lowest BCUT2D eigenvalue weighted by Gasteiger charge is -2.07. The Bertz CT molecular complexity index is 1610. The van der Waals surface area contributed by atoms with Crippen molar-refractivity contribution in [2.24, 2.45) is 0 Å². The third kappa shape index (κ3) is 3.96. The predicted octanol–water partition coefficient (Wildman–Crippen LogP) is 1.54. The maximum Gasteiger partial charge on any atom is 0.276 e. The Balaban J connectivity index is 1.56. The molecule has 13 heteroatoms. The molecule has 5 rings (SSSR count). The van der Waals surface area contributed by atoms with Crippen LogP contribution in [0.4, 0.5) is 5.69 Å². The minimum Gasteiger partial charge on any atom is -0.318 e. The summed E-state index contributed by atoms with van der Waals surface area (Å²) in [4.78, 5) is 21.6. The van der Waals surface area contributed by atoms with Gasteiger partial charge in [0.25, 0.3) is 15.9 Å². The van der Waals surface area contributed by atoms with Crippen molar-refractivity contribution in [2.75, 3.05) is 11.6 Å². The zero-order valence-electron chi connectivity index (χ0n) is 17.5. The molecule has 0 atom stereocenters. The topological polar surface area (TPSA) is 142 Å². The average molecular weight is 463 g/mol. The Morgan fingerprint density at radius 3 is 2.70 bits per heavy atom. The number of rotatable bonds is 5. The molecule has 0 saturated carbocycles. The van der Waals surface area contributed by atoms with Crippen LogP contribution in [0.5, 0.6) is 0 Å². The SMILES string of the molecule is Cc1cccc(-n2nc(C(=O)Nc3cnn(S(C)(=O)=O)c3)cc2-c2ccc3ncnn3c2)n1. The summed E-state index contributed by atoms with van der Waals surface area (Å²) in [7, 11) is -3.56. The van der Waals surface area contributed by atoms with E-state index >= 15 is 0 Å². The van der Waals surface area contributed by atoms with Gasteiger partial charge < -0.3 is 5.32 Å². The number of amides is 1. The number of nitrogens with zero attached hydrogens (tertiary/aromatic N) is 8. The summed E-state index contributed by atoms with van der Waals surface area (Å²) in [5.74, 6) is 0.00479. The molecule has 0 radical (unpaired) electrons. The van der Waals surface area contributed by atoms with E-state index in [1.165, 1.54) is 18.7 Å². The van der Waals surface area contributed by atoms with Gasteiger partial charge in [-0.1, -0.05) is 6.07 Å².